The molecule has 0 spiro atoms. The third kappa shape index (κ3) is 2.19. The van der Waals surface area contributed by atoms with Gasteiger partial charge in [-0.2, -0.15) is 0 Å². The Labute approximate surface area is 74.7 Å². The van der Waals surface area contributed by atoms with Crippen LogP contribution in [0.15, 0.2) is 0 Å². The van der Waals surface area contributed by atoms with Gasteiger partial charge in [0.1, 0.15) is 5.60 Å². The highest BCUT2D eigenvalue weighted by molar-refractivity contribution is 4.89. The molecule has 12 heavy (non-hydrogen) atoms. The Kier molecular flexibility index (Phi) is 3.69. The molecule has 74 valence electrons. The van der Waals surface area contributed by atoms with Crippen LogP contribution in [0.3, 0.4) is 0 Å². The average Bonchev–Trinajstić information content (AvgIpc) is 1.87. The number of hydrogen-bond acceptors (Lipinski definition) is 3. The lowest BCUT2D eigenvalue weighted by atomic mass is 9.77. The van der Waals surface area contributed by atoms with Crippen molar-refractivity contribution in [3.8, 4) is 0 Å². The molecule has 0 aromatic rings. The van der Waals surface area contributed by atoms with Crippen molar-refractivity contribution in [2.24, 2.45) is 5.41 Å². The maximum absolute atomic E-state index is 10.1. The second-order valence-corrected chi connectivity index (χ2v) is 4.20. The summed E-state index contributed by atoms with van der Waals surface area (Å²) in [6, 6.07) is 0. The van der Waals surface area contributed by atoms with Crippen molar-refractivity contribution < 1.29 is 14.6 Å². The van der Waals surface area contributed by atoms with E-state index in [-0.39, 0.29) is 5.41 Å². The van der Waals surface area contributed by atoms with Crippen LogP contribution in [0.25, 0.3) is 0 Å². The van der Waals surface area contributed by atoms with Gasteiger partial charge in [0.25, 0.3) is 0 Å². The Bertz CT molecular complexity index is 131. The van der Waals surface area contributed by atoms with E-state index in [1.807, 2.05) is 20.8 Å². The minimum absolute atomic E-state index is 0.274. The van der Waals surface area contributed by atoms with E-state index >= 15 is 0 Å². The van der Waals surface area contributed by atoms with E-state index in [2.05, 4.69) is 0 Å². The minimum atomic E-state index is -0.990. The Morgan fingerprint density at radius 1 is 1.00 bits per heavy atom. The summed E-state index contributed by atoms with van der Waals surface area (Å²) in [5, 5.41) is 10.1. The fraction of sp³-hybridized carbons (Fsp3) is 1.00. The summed E-state index contributed by atoms with van der Waals surface area (Å²) >= 11 is 0. The Hall–Kier alpha value is -0.120. The molecule has 0 radical (unpaired) electrons. The highest BCUT2D eigenvalue weighted by Gasteiger charge is 2.43. The largest absolute Gasteiger partial charge is 0.384 e. The predicted octanol–water partition coefficient (Wildman–Crippen LogP) is 1.40. The predicted molar refractivity (Wildman–Crippen MR) is 47.9 cm³/mol. The van der Waals surface area contributed by atoms with Crippen molar-refractivity contribution in [3.05, 3.63) is 0 Å². The summed E-state index contributed by atoms with van der Waals surface area (Å²) in [5.41, 5.74) is -1.26. The van der Waals surface area contributed by atoms with E-state index in [4.69, 9.17) is 9.47 Å². The van der Waals surface area contributed by atoms with Gasteiger partial charge in [0.15, 0.2) is 6.29 Å². The molecule has 0 bridgehead atoms. The van der Waals surface area contributed by atoms with E-state index in [0.29, 0.717) is 0 Å². The van der Waals surface area contributed by atoms with E-state index in [9.17, 15) is 5.11 Å². The molecule has 1 unspecified atom stereocenters. The Morgan fingerprint density at radius 3 is 1.42 bits per heavy atom. The summed E-state index contributed by atoms with van der Waals surface area (Å²) in [4.78, 5) is 0. The lowest BCUT2D eigenvalue weighted by Crippen LogP contribution is -2.51. The molecule has 0 aliphatic carbocycles. The fourth-order valence-electron chi connectivity index (χ4n) is 0.909. The number of ether oxygens (including phenoxy) is 2. The van der Waals surface area contributed by atoms with Gasteiger partial charge in [0, 0.05) is 14.2 Å². The van der Waals surface area contributed by atoms with Gasteiger partial charge in [0.05, 0.1) is 0 Å². The number of aliphatic hydroxyl groups is 1. The zero-order valence-corrected chi connectivity index (χ0v) is 8.84. The number of methoxy groups -OCH3 is 2. The van der Waals surface area contributed by atoms with Crippen LogP contribution in [0.2, 0.25) is 0 Å². The van der Waals surface area contributed by atoms with Gasteiger partial charge < -0.3 is 14.6 Å². The molecular weight excluding hydrogens is 156 g/mol. The molecule has 0 fully saturated rings. The third-order valence-electron chi connectivity index (χ3n) is 2.41. The lowest BCUT2D eigenvalue weighted by molar-refractivity contribution is -0.242. The molecular formula is C9H20O3. The molecule has 3 heteroatoms. The lowest BCUT2D eigenvalue weighted by Gasteiger charge is -2.41. The topological polar surface area (TPSA) is 38.7 Å². The van der Waals surface area contributed by atoms with Crippen LogP contribution in [0.4, 0.5) is 0 Å². The molecule has 0 saturated heterocycles. The van der Waals surface area contributed by atoms with Gasteiger partial charge in [-0.15, -0.1) is 0 Å². The van der Waals surface area contributed by atoms with Crippen molar-refractivity contribution in [1.29, 1.82) is 0 Å². The second-order valence-electron chi connectivity index (χ2n) is 4.20. The van der Waals surface area contributed by atoms with Gasteiger partial charge in [-0.1, -0.05) is 20.8 Å². The first-order valence-electron chi connectivity index (χ1n) is 4.05. The molecule has 0 aliphatic heterocycles. The first kappa shape index (κ1) is 11.9. The quantitative estimate of drug-likeness (QED) is 0.661. The maximum Gasteiger partial charge on any atom is 0.185 e. The number of hydrogen-bond donors (Lipinski definition) is 1. The Balaban J connectivity index is 4.57. The summed E-state index contributed by atoms with van der Waals surface area (Å²) in [6.45, 7) is 7.54. The monoisotopic (exact) mass is 176 g/mol. The average molecular weight is 176 g/mol. The van der Waals surface area contributed by atoms with Crippen LogP contribution in [-0.4, -0.2) is 31.2 Å². The molecule has 0 aromatic heterocycles. The standard InChI is InChI=1S/C9H20O3/c1-8(2,3)9(4,10)7(11-5)12-6/h7,10H,1-6H3. The van der Waals surface area contributed by atoms with Gasteiger partial charge in [-0.05, 0) is 12.3 Å². The normalized spacial score (nSPS) is 18.0. The first-order chi connectivity index (χ1) is 5.27. The van der Waals surface area contributed by atoms with Crippen molar-refractivity contribution in [2.75, 3.05) is 14.2 Å². The summed E-state index contributed by atoms with van der Waals surface area (Å²) in [7, 11) is 3.04. The van der Waals surface area contributed by atoms with Crippen molar-refractivity contribution in [1.82, 2.24) is 0 Å². The summed E-state index contributed by atoms with van der Waals surface area (Å²) < 4.78 is 10.0. The molecule has 0 saturated carbocycles. The summed E-state index contributed by atoms with van der Waals surface area (Å²) in [6.07, 6.45) is -0.586. The SMILES string of the molecule is COC(OC)C(C)(O)C(C)(C)C. The van der Waals surface area contributed by atoms with Gasteiger partial charge in [-0.3, -0.25) is 0 Å². The maximum atomic E-state index is 10.1. The van der Waals surface area contributed by atoms with Crippen molar-refractivity contribution in [3.63, 3.8) is 0 Å². The third-order valence-corrected chi connectivity index (χ3v) is 2.41. The molecule has 1 atom stereocenters. The van der Waals surface area contributed by atoms with Crippen molar-refractivity contribution >= 4 is 0 Å². The smallest absolute Gasteiger partial charge is 0.185 e. The molecule has 0 rings (SSSR count). The van der Waals surface area contributed by atoms with Gasteiger partial charge in [-0.25, -0.2) is 0 Å². The van der Waals surface area contributed by atoms with Crippen LogP contribution in [0, 0.1) is 5.41 Å². The summed E-state index contributed by atoms with van der Waals surface area (Å²) in [5.74, 6) is 0. The van der Waals surface area contributed by atoms with Crippen LogP contribution in [0.1, 0.15) is 27.7 Å². The zero-order valence-electron chi connectivity index (χ0n) is 8.84. The molecule has 3 nitrogen and oxygen atoms in total. The number of rotatable bonds is 3. The molecule has 1 N–H and O–H groups in total. The van der Waals surface area contributed by atoms with E-state index in [1.165, 1.54) is 14.2 Å². The molecule has 0 heterocycles. The Morgan fingerprint density at radius 2 is 1.33 bits per heavy atom. The van der Waals surface area contributed by atoms with E-state index in [0.717, 1.165) is 0 Å². The molecule has 0 aliphatic rings. The highest BCUT2D eigenvalue weighted by Crippen LogP contribution is 2.34. The van der Waals surface area contributed by atoms with E-state index in [1.54, 1.807) is 6.92 Å². The van der Waals surface area contributed by atoms with E-state index < -0.39 is 11.9 Å². The highest BCUT2D eigenvalue weighted by atomic mass is 16.7. The van der Waals surface area contributed by atoms with Gasteiger partial charge in [0.2, 0.25) is 0 Å². The van der Waals surface area contributed by atoms with Crippen LogP contribution in [-0.2, 0) is 9.47 Å². The van der Waals surface area contributed by atoms with Crippen LogP contribution < -0.4 is 0 Å². The first-order valence-corrected chi connectivity index (χ1v) is 4.05. The van der Waals surface area contributed by atoms with Crippen molar-refractivity contribution in [2.45, 2.75) is 39.6 Å². The minimum Gasteiger partial charge on any atom is -0.384 e. The molecule has 0 amide bonds. The molecule has 0 aromatic carbocycles. The van der Waals surface area contributed by atoms with Crippen LogP contribution in [0.5, 0.6) is 0 Å². The zero-order chi connectivity index (χ0) is 9.99. The van der Waals surface area contributed by atoms with Crippen LogP contribution >= 0.6 is 0 Å². The second kappa shape index (κ2) is 3.73. The van der Waals surface area contributed by atoms with Gasteiger partial charge >= 0.3 is 0 Å². The fourth-order valence-corrected chi connectivity index (χ4v) is 0.909.